The van der Waals surface area contributed by atoms with E-state index < -0.39 is 10.0 Å². The number of pyridine rings is 1. The third-order valence-corrected chi connectivity index (χ3v) is 6.08. The summed E-state index contributed by atoms with van der Waals surface area (Å²) < 4.78 is 27.5. The van der Waals surface area contributed by atoms with E-state index in [-0.39, 0.29) is 6.04 Å². The van der Waals surface area contributed by atoms with Crippen molar-refractivity contribution in [1.82, 2.24) is 18.8 Å². The minimum Gasteiger partial charge on any atom is -0.326 e. The molecule has 130 valence electrons. The van der Waals surface area contributed by atoms with Crippen LogP contribution in [0.25, 0.3) is 22.2 Å². The predicted octanol–water partition coefficient (Wildman–Crippen LogP) is 2.69. The highest BCUT2D eigenvalue weighted by atomic mass is 32.2. The molecule has 6 nitrogen and oxygen atoms in total. The first-order chi connectivity index (χ1) is 12.0. The fourth-order valence-corrected chi connectivity index (χ4v) is 4.39. The molecule has 0 spiro atoms. The lowest BCUT2D eigenvalue weighted by atomic mass is 10.0. The number of sulfonamides is 1. The van der Waals surface area contributed by atoms with Gasteiger partial charge in [0.05, 0.1) is 23.6 Å². The summed E-state index contributed by atoms with van der Waals surface area (Å²) in [5.41, 5.74) is 4.17. The van der Waals surface area contributed by atoms with Gasteiger partial charge in [-0.15, -0.1) is 0 Å². The van der Waals surface area contributed by atoms with Crippen LogP contribution in [0, 0.1) is 0 Å². The molecule has 0 N–H and O–H groups in total. The number of hydrogen-bond donors (Lipinski definition) is 0. The molecule has 4 rings (SSSR count). The van der Waals surface area contributed by atoms with Crippen LogP contribution < -0.4 is 0 Å². The second-order valence-electron chi connectivity index (χ2n) is 6.51. The van der Waals surface area contributed by atoms with E-state index in [2.05, 4.69) is 26.7 Å². The van der Waals surface area contributed by atoms with Gasteiger partial charge in [0.1, 0.15) is 0 Å². The van der Waals surface area contributed by atoms with Crippen LogP contribution in [-0.2, 0) is 10.0 Å². The third kappa shape index (κ3) is 3.17. The van der Waals surface area contributed by atoms with Crippen molar-refractivity contribution in [2.45, 2.75) is 18.9 Å². The van der Waals surface area contributed by atoms with Gasteiger partial charge >= 0.3 is 0 Å². The Labute approximate surface area is 147 Å². The second-order valence-corrected chi connectivity index (χ2v) is 8.49. The summed E-state index contributed by atoms with van der Waals surface area (Å²) in [4.78, 5) is 8.56. The monoisotopic (exact) mass is 356 g/mol. The number of rotatable bonds is 3. The zero-order valence-corrected chi connectivity index (χ0v) is 14.9. The zero-order valence-electron chi connectivity index (χ0n) is 14.0. The number of piperidine rings is 1. The average molecular weight is 356 g/mol. The van der Waals surface area contributed by atoms with Crippen molar-refractivity contribution < 1.29 is 8.42 Å². The first kappa shape index (κ1) is 16.2. The Balaban J connectivity index is 1.73. The molecule has 3 aromatic rings. The van der Waals surface area contributed by atoms with Crippen molar-refractivity contribution >= 4 is 21.1 Å². The number of aromatic nitrogens is 3. The number of benzene rings is 1. The quantitative estimate of drug-likeness (QED) is 0.724. The zero-order chi connectivity index (χ0) is 17.4. The molecule has 0 bridgehead atoms. The molecule has 0 aliphatic carbocycles. The molecule has 3 heterocycles. The lowest BCUT2D eigenvalue weighted by Gasteiger charge is -2.32. The van der Waals surface area contributed by atoms with Crippen molar-refractivity contribution in [3.05, 3.63) is 49.1 Å². The molecule has 1 saturated heterocycles. The van der Waals surface area contributed by atoms with Crippen LogP contribution in [-0.4, -0.2) is 46.6 Å². The summed E-state index contributed by atoms with van der Waals surface area (Å²) in [6, 6.07) is 10.3. The molecule has 1 fully saturated rings. The molecule has 1 aromatic carbocycles. The van der Waals surface area contributed by atoms with Crippen molar-refractivity contribution in [3.8, 4) is 11.1 Å². The van der Waals surface area contributed by atoms with Crippen LogP contribution in [0.2, 0.25) is 0 Å². The minimum absolute atomic E-state index is 0.112. The van der Waals surface area contributed by atoms with Gasteiger partial charge in [-0.1, -0.05) is 6.07 Å². The van der Waals surface area contributed by atoms with Crippen LogP contribution >= 0.6 is 0 Å². The van der Waals surface area contributed by atoms with Gasteiger partial charge in [0.2, 0.25) is 10.0 Å². The van der Waals surface area contributed by atoms with E-state index in [1.165, 1.54) is 6.26 Å². The Morgan fingerprint density at radius 3 is 2.68 bits per heavy atom. The molecule has 1 aliphatic heterocycles. The standard InChI is InChI=1S/C18H20N4O2S/c1-25(23,24)21-10-2-3-16(12-21)22-13-20-17-5-4-15(11-18(17)22)14-6-8-19-9-7-14/h4-9,11,13,16H,2-3,10,12H2,1H3/t16-/m0/s1. The first-order valence-electron chi connectivity index (χ1n) is 8.34. The Hall–Kier alpha value is -2.25. The first-order valence-corrected chi connectivity index (χ1v) is 10.2. The second kappa shape index (κ2) is 6.24. The maximum Gasteiger partial charge on any atom is 0.211 e. The summed E-state index contributed by atoms with van der Waals surface area (Å²) in [6.45, 7) is 1.11. The molecule has 25 heavy (non-hydrogen) atoms. The Morgan fingerprint density at radius 2 is 1.92 bits per heavy atom. The van der Waals surface area contributed by atoms with E-state index in [1.54, 1.807) is 16.7 Å². The number of fused-ring (bicyclic) bond motifs is 1. The fraction of sp³-hybridized carbons (Fsp3) is 0.333. The van der Waals surface area contributed by atoms with E-state index in [4.69, 9.17) is 0 Å². The van der Waals surface area contributed by atoms with Gasteiger partial charge in [-0.3, -0.25) is 4.98 Å². The SMILES string of the molecule is CS(=O)(=O)N1CCC[C@H](n2cnc3ccc(-c4ccncc4)cc32)C1. The van der Waals surface area contributed by atoms with Crippen molar-refractivity contribution in [2.24, 2.45) is 0 Å². The topological polar surface area (TPSA) is 68.1 Å². The molecular formula is C18H20N4O2S. The Bertz CT molecular complexity index is 998. The van der Waals surface area contributed by atoms with Gasteiger partial charge in [-0.2, -0.15) is 0 Å². The van der Waals surface area contributed by atoms with Gasteiger partial charge in [-0.25, -0.2) is 17.7 Å². The molecule has 7 heteroatoms. The highest BCUT2D eigenvalue weighted by molar-refractivity contribution is 7.88. The number of hydrogen-bond acceptors (Lipinski definition) is 4. The van der Waals surface area contributed by atoms with Crippen LogP contribution in [0.3, 0.4) is 0 Å². The molecule has 0 saturated carbocycles. The highest BCUT2D eigenvalue weighted by Gasteiger charge is 2.27. The molecule has 0 radical (unpaired) electrons. The Morgan fingerprint density at radius 1 is 1.12 bits per heavy atom. The van der Waals surface area contributed by atoms with E-state index in [1.807, 2.05) is 24.5 Å². The van der Waals surface area contributed by atoms with Crippen LogP contribution in [0.4, 0.5) is 0 Å². The number of nitrogens with zero attached hydrogens (tertiary/aromatic N) is 4. The van der Waals surface area contributed by atoms with E-state index >= 15 is 0 Å². The third-order valence-electron chi connectivity index (χ3n) is 4.81. The van der Waals surface area contributed by atoms with Crippen molar-refractivity contribution in [3.63, 3.8) is 0 Å². The van der Waals surface area contributed by atoms with E-state index in [0.29, 0.717) is 13.1 Å². The predicted molar refractivity (Wildman–Crippen MR) is 97.7 cm³/mol. The van der Waals surface area contributed by atoms with Crippen LogP contribution in [0.1, 0.15) is 18.9 Å². The summed E-state index contributed by atoms with van der Waals surface area (Å²) >= 11 is 0. The van der Waals surface area contributed by atoms with E-state index in [0.717, 1.165) is 35.0 Å². The maximum atomic E-state index is 11.9. The van der Waals surface area contributed by atoms with Crippen LogP contribution in [0.5, 0.6) is 0 Å². The lowest BCUT2D eigenvalue weighted by molar-refractivity contribution is 0.271. The fourth-order valence-electron chi connectivity index (χ4n) is 3.49. The van der Waals surface area contributed by atoms with Crippen molar-refractivity contribution in [1.29, 1.82) is 0 Å². The molecule has 1 atom stereocenters. The van der Waals surface area contributed by atoms with Gasteiger partial charge in [0.25, 0.3) is 0 Å². The minimum atomic E-state index is -3.16. The van der Waals surface area contributed by atoms with Crippen LogP contribution in [0.15, 0.2) is 49.1 Å². The van der Waals surface area contributed by atoms with Gasteiger partial charge in [0, 0.05) is 31.5 Å². The summed E-state index contributed by atoms with van der Waals surface area (Å²) in [7, 11) is -3.16. The van der Waals surface area contributed by atoms with Crippen molar-refractivity contribution in [2.75, 3.05) is 19.3 Å². The molecule has 2 aromatic heterocycles. The smallest absolute Gasteiger partial charge is 0.211 e. The van der Waals surface area contributed by atoms with Gasteiger partial charge < -0.3 is 4.57 Å². The molecular weight excluding hydrogens is 336 g/mol. The molecule has 0 unspecified atom stereocenters. The largest absolute Gasteiger partial charge is 0.326 e. The highest BCUT2D eigenvalue weighted by Crippen LogP contribution is 2.29. The number of imidazole rings is 1. The molecule has 0 amide bonds. The molecule has 1 aliphatic rings. The summed E-state index contributed by atoms with van der Waals surface area (Å²) in [6.07, 6.45) is 8.49. The average Bonchev–Trinajstić information content (AvgIpc) is 3.05. The Kier molecular flexibility index (Phi) is 4.05. The van der Waals surface area contributed by atoms with E-state index in [9.17, 15) is 8.42 Å². The maximum absolute atomic E-state index is 11.9. The lowest BCUT2D eigenvalue weighted by Crippen LogP contribution is -2.39. The summed E-state index contributed by atoms with van der Waals surface area (Å²) in [5, 5.41) is 0. The normalized spacial score (nSPS) is 19.3. The summed E-state index contributed by atoms with van der Waals surface area (Å²) in [5.74, 6) is 0. The van der Waals surface area contributed by atoms with Gasteiger partial charge in [-0.05, 0) is 48.2 Å². The van der Waals surface area contributed by atoms with Gasteiger partial charge in [0.15, 0.2) is 0 Å².